The molecular formula is C26H39N5O2S. The van der Waals surface area contributed by atoms with Crippen LogP contribution in [0.15, 0.2) is 41.4 Å². The van der Waals surface area contributed by atoms with Crippen LogP contribution in [0.5, 0.6) is 0 Å². The van der Waals surface area contributed by atoms with Crippen molar-refractivity contribution in [3.63, 3.8) is 0 Å². The first-order valence-corrected chi connectivity index (χ1v) is 12.3. The maximum absolute atomic E-state index is 10.9. The van der Waals surface area contributed by atoms with Gasteiger partial charge in [0.15, 0.2) is 0 Å². The van der Waals surface area contributed by atoms with E-state index in [2.05, 4.69) is 48.4 Å². The van der Waals surface area contributed by atoms with E-state index in [-0.39, 0.29) is 24.5 Å². The van der Waals surface area contributed by atoms with E-state index >= 15 is 0 Å². The van der Waals surface area contributed by atoms with E-state index in [1.165, 1.54) is 11.1 Å². The van der Waals surface area contributed by atoms with Gasteiger partial charge in [0.2, 0.25) is 0 Å². The van der Waals surface area contributed by atoms with E-state index in [9.17, 15) is 9.59 Å². The first-order chi connectivity index (χ1) is 16.1. The van der Waals surface area contributed by atoms with E-state index in [0.717, 1.165) is 28.5 Å². The van der Waals surface area contributed by atoms with Crippen molar-refractivity contribution in [3.8, 4) is 0 Å². The highest BCUT2D eigenvalue weighted by atomic mass is 32.1. The molecule has 0 spiro atoms. The molecule has 0 aromatic heterocycles. The standard InChI is InChI=1S/C15H24N2O.C10H11N3O.CH4S/c1-9(2)14-7-12(10(3)16)8-15(11(4)17)13(14)5-6-18;1-7-2-4-8(5-3-7)10-11-6-9(14)12-13-10;1-2/h6-11H,5,16-17H2,1-4H3;2-5H,6H2,1H3,(H,11,13)(H,12,14);2H,1H3. The van der Waals surface area contributed by atoms with E-state index < -0.39 is 0 Å². The highest BCUT2D eigenvalue weighted by Gasteiger charge is 2.17. The number of aryl methyl sites for hydroxylation is 1. The fourth-order valence-electron chi connectivity index (χ4n) is 3.48. The molecule has 1 aliphatic heterocycles. The molecule has 1 aliphatic rings. The average Bonchev–Trinajstić information content (AvgIpc) is 2.81. The van der Waals surface area contributed by atoms with Gasteiger partial charge < -0.3 is 16.3 Å². The van der Waals surface area contributed by atoms with Crippen LogP contribution in [0.4, 0.5) is 0 Å². The number of hydrazine groups is 1. The van der Waals surface area contributed by atoms with Crippen LogP contribution in [-0.4, -0.2) is 30.8 Å². The summed E-state index contributed by atoms with van der Waals surface area (Å²) in [6.45, 7) is 10.4. The molecule has 0 fully saturated rings. The molecule has 0 radical (unpaired) electrons. The summed E-state index contributed by atoms with van der Waals surface area (Å²) in [6.07, 6.45) is 3.06. The number of carbonyl (C=O) groups excluding carboxylic acids is 2. The van der Waals surface area contributed by atoms with Gasteiger partial charge in [0, 0.05) is 24.1 Å². The van der Waals surface area contributed by atoms with Crippen molar-refractivity contribution in [1.29, 1.82) is 0 Å². The lowest BCUT2D eigenvalue weighted by molar-refractivity contribution is -0.120. The second-order valence-corrected chi connectivity index (χ2v) is 8.48. The molecule has 0 aliphatic carbocycles. The van der Waals surface area contributed by atoms with E-state index in [4.69, 9.17) is 11.5 Å². The molecule has 8 heteroatoms. The summed E-state index contributed by atoms with van der Waals surface area (Å²) in [6, 6.07) is 12.0. The molecule has 2 aromatic carbocycles. The summed E-state index contributed by atoms with van der Waals surface area (Å²) in [5, 5.41) is 0. The first-order valence-electron chi connectivity index (χ1n) is 11.4. The molecule has 0 bridgehead atoms. The Kier molecular flexibility index (Phi) is 12.6. The minimum atomic E-state index is -0.110. The maximum Gasteiger partial charge on any atom is 0.260 e. The van der Waals surface area contributed by atoms with E-state index in [1.54, 1.807) is 6.26 Å². The third kappa shape index (κ3) is 8.59. The molecule has 34 heavy (non-hydrogen) atoms. The molecule has 7 nitrogen and oxygen atoms in total. The molecule has 2 aromatic rings. The predicted molar refractivity (Wildman–Crippen MR) is 144 cm³/mol. The number of hydrogen-bond donors (Lipinski definition) is 5. The van der Waals surface area contributed by atoms with Gasteiger partial charge in [0.05, 0.1) is 0 Å². The summed E-state index contributed by atoms with van der Waals surface area (Å²) < 4.78 is 0. The van der Waals surface area contributed by atoms with Gasteiger partial charge in [0.25, 0.3) is 5.91 Å². The second kappa shape index (κ2) is 14.6. The number of amidine groups is 1. The number of carbonyl (C=O) groups is 2. The second-order valence-electron chi connectivity index (χ2n) is 8.48. The van der Waals surface area contributed by atoms with Crippen LogP contribution in [0, 0.1) is 6.92 Å². The van der Waals surface area contributed by atoms with Gasteiger partial charge in [-0.15, -0.1) is 0 Å². The molecule has 2 atom stereocenters. The minimum absolute atomic E-state index is 0.0229. The van der Waals surface area contributed by atoms with Crippen LogP contribution in [0.2, 0.25) is 0 Å². The van der Waals surface area contributed by atoms with Gasteiger partial charge in [-0.2, -0.15) is 12.6 Å². The summed E-state index contributed by atoms with van der Waals surface area (Å²) in [5.41, 5.74) is 23.8. The van der Waals surface area contributed by atoms with Crippen LogP contribution >= 0.6 is 12.6 Å². The summed E-state index contributed by atoms with van der Waals surface area (Å²) in [4.78, 5) is 25.8. The lowest BCUT2D eigenvalue weighted by Gasteiger charge is -2.21. The van der Waals surface area contributed by atoms with Crippen molar-refractivity contribution in [1.82, 2.24) is 10.9 Å². The Morgan fingerprint density at radius 3 is 2.03 bits per heavy atom. The van der Waals surface area contributed by atoms with Crippen molar-refractivity contribution in [2.45, 2.75) is 59.0 Å². The third-order valence-corrected chi connectivity index (χ3v) is 5.29. The van der Waals surface area contributed by atoms with Crippen LogP contribution in [0.3, 0.4) is 0 Å². The van der Waals surface area contributed by atoms with Gasteiger partial charge in [-0.05, 0) is 55.2 Å². The monoisotopic (exact) mass is 485 g/mol. The van der Waals surface area contributed by atoms with Crippen molar-refractivity contribution < 1.29 is 9.59 Å². The Hall–Kier alpha value is -2.68. The summed E-state index contributed by atoms with van der Waals surface area (Å²) in [5.74, 6) is 0.960. The zero-order chi connectivity index (χ0) is 25.8. The Morgan fingerprint density at radius 2 is 1.59 bits per heavy atom. The zero-order valence-electron chi connectivity index (χ0n) is 21.1. The smallest absolute Gasteiger partial charge is 0.260 e. The highest BCUT2D eigenvalue weighted by Crippen LogP contribution is 2.29. The molecule has 1 heterocycles. The topological polar surface area (TPSA) is 123 Å². The van der Waals surface area contributed by atoms with Gasteiger partial charge >= 0.3 is 0 Å². The molecule has 0 saturated carbocycles. The number of thiol groups is 1. The first kappa shape index (κ1) is 29.4. The number of nitrogens with two attached hydrogens (primary N) is 2. The Labute approximate surface area is 209 Å². The van der Waals surface area contributed by atoms with Crippen molar-refractivity contribution in [3.05, 3.63) is 69.8 Å². The van der Waals surface area contributed by atoms with Crippen LogP contribution in [0.25, 0.3) is 0 Å². The van der Waals surface area contributed by atoms with Gasteiger partial charge in [-0.1, -0.05) is 55.8 Å². The maximum atomic E-state index is 10.9. The lowest BCUT2D eigenvalue weighted by Crippen LogP contribution is -2.47. The Morgan fingerprint density at radius 1 is 1.00 bits per heavy atom. The minimum Gasteiger partial charge on any atom is -0.324 e. The summed E-state index contributed by atoms with van der Waals surface area (Å²) >= 11 is 3.53. The number of rotatable bonds is 6. The van der Waals surface area contributed by atoms with Crippen LogP contribution in [0.1, 0.15) is 79.1 Å². The number of aldehydes is 1. The number of nitrogens with one attached hydrogen (secondary N) is 2. The van der Waals surface area contributed by atoms with Gasteiger partial charge in [0.1, 0.15) is 18.7 Å². The van der Waals surface area contributed by atoms with E-state index in [0.29, 0.717) is 18.2 Å². The van der Waals surface area contributed by atoms with Crippen molar-refractivity contribution in [2.75, 3.05) is 12.8 Å². The van der Waals surface area contributed by atoms with Gasteiger partial charge in [-0.3, -0.25) is 20.6 Å². The number of benzene rings is 2. The summed E-state index contributed by atoms with van der Waals surface area (Å²) in [7, 11) is 0. The average molecular weight is 486 g/mol. The number of hydrogen-bond acceptors (Lipinski definition) is 7. The number of amides is 1. The highest BCUT2D eigenvalue weighted by molar-refractivity contribution is 7.79. The zero-order valence-corrected chi connectivity index (χ0v) is 21.9. The van der Waals surface area contributed by atoms with Gasteiger partial charge in [-0.25, -0.2) is 0 Å². The largest absolute Gasteiger partial charge is 0.324 e. The Balaban J connectivity index is 0.000000324. The number of aliphatic imine (C=N–C) groups is 1. The van der Waals surface area contributed by atoms with Crippen molar-refractivity contribution in [2.24, 2.45) is 16.5 Å². The lowest BCUT2D eigenvalue weighted by atomic mass is 9.86. The van der Waals surface area contributed by atoms with Crippen molar-refractivity contribution >= 4 is 30.7 Å². The molecule has 0 saturated heterocycles. The van der Waals surface area contributed by atoms with Crippen LogP contribution < -0.4 is 22.3 Å². The molecule has 3 rings (SSSR count). The predicted octanol–water partition coefficient (Wildman–Crippen LogP) is 3.51. The Bertz CT molecular complexity index is 941. The third-order valence-electron chi connectivity index (χ3n) is 5.29. The van der Waals surface area contributed by atoms with E-state index in [1.807, 2.05) is 51.1 Å². The molecule has 186 valence electrons. The quantitative estimate of drug-likeness (QED) is 0.317. The molecule has 2 unspecified atom stereocenters. The normalized spacial score (nSPS) is 14.3. The molecule has 1 amide bonds. The molecule has 6 N–H and O–H groups in total. The fraction of sp³-hybridized carbons (Fsp3) is 0.423. The fourth-order valence-corrected chi connectivity index (χ4v) is 3.48. The number of nitrogens with zero attached hydrogens (tertiary/aromatic N) is 1. The van der Waals surface area contributed by atoms with Crippen LogP contribution in [-0.2, 0) is 16.0 Å². The molecular weight excluding hydrogens is 446 g/mol. The SMILES string of the molecule is CC(C)c1cc(C(C)N)cc(C(C)N)c1CC=O.CS.Cc1ccc(C2=NCC(=O)NN2)cc1.